The fourth-order valence-electron chi connectivity index (χ4n) is 6.51. The highest BCUT2D eigenvalue weighted by atomic mass is 16.5. The summed E-state index contributed by atoms with van der Waals surface area (Å²) in [6.07, 6.45) is 19.8. The van der Waals surface area contributed by atoms with Crippen LogP contribution in [0.3, 0.4) is 0 Å². The Bertz CT molecular complexity index is 551. The quantitative estimate of drug-likeness (QED) is 0.227. The molecule has 2 atom stereocenters. The Balaban J connectivity index is 1.08. The Morgan fingerprint density at radius 2 is 1.45 bits per heavy atom. The van der Waals surface area contributed by atoms with Gasteiger partial charge in [0.2, 0.25) is 0 Å². The third-order valence-corrected chi connectivity index (χ3v) is 7.96. The summed E-state index contributed by atoms with van der Waals surface area (Å²) in [5.74, 6) is 2.48. The number of esters is 1. The van der Waals surface area contributed by atoms with Crippen molar-refractivity contribution in [2.45, 2.75) is 122 Å². The van der Waals surface area contributed by atoms with Crippen LogP contribution >= 0.6 is 0 Å². The smallest absolute Gasteiger partial charge is 0.315 e. The standard InChI is InChI=1S/C26H46N2O3/c1-2-3-15-31-24(29)13-11-9-7-5-4-6-8-10-12-14-27-25(30)28-26-19-21-16-22(20-26)18-23(26)17-21/h21-23H,2-20H2,1H3,(H2,27,28,30). The first-order valence-corrected chi connectivity index (χ1v) is 13.3. The van der Waals surface area contributed by atoms with Gasteiger partial charge in [-0.1, -0.05) is 58.3 Å². The zero-order valence-electron chi connectivity index (χ0n) is 19.9. The van der Waals surface area contributed by atoms with Gasteiger partial charge in [0.15, 0.2) is 0 Å². The third-order valence-electron chi connectivity index (χ3n) is 7.96. The molecule has 0 aromatic carbocycles. The summed E-state index contributed by atoms with van der Waals surface area (Å²) in [6.45, 7) is 3.48. The summed E-state index contributed by atoms with van der Waals surface area (Å²) >= 11 is 0. The monoisotopic (exact) mass is 434 g/mol. The molecule has 0 radical (unpaired) electrons. The molecule has 4 rings (SSSR count). The lowest BCUT2D eigenvalue weighted by atomic mass is 9.80. The highest BCUT2D eigenvalue weighted by molar-refractivity contribution is 5.75. The third kappa shape index (κ3) is 7.68. The maximum Gasteiger partial charge on any atom is 0.315 e. The molecule has 4 fully saturated rings. The van der Waals surface area contributed by atoms with E-state index in [0.717, 1.165) is 56.4 Å². The van der Waals surface area contributed by atoms with Gasteiger partial charge in [-0.3, -0.25) is 4.79 Å². The van der Waals surface area contributed by atoms with Crippen molar-refractivity contribution in [1.82, 2.24) is 10.6 Å². The number of carbonyl (C=O) groups is 2. The molecule has 5 nitrogen and oxygen atoms in total. The van der Waals surface area contributed by atoms with Gasteiger partial charge in [0, 0.05) is 18.5 Å². The molecular formula is C26H46N2O3. The zero-order chi connectivity index (χ0) is 21.9. The SMILES string of the molecule is CCCCOC(=O)CCCCCCCCCCCNC(=O)NC12CC3CC(CC1C3)C2. The maximum absolute atomic E-state index is 12.4. The summed E-state index contributed by atoms with van der Waals surface area (Å²) in [6, 6.07) is 0.0717. The molecule has 2 N–H and O–H groups in total. The first-order chi connectivity index (χ1) is 15.1. The van der Waals surface area contributed by atoms with E-state index in [1.54, 1.807) is 0 Å². The average molecular weight is 435 g/mol. The van der Waals surface area contributed by atoms with E-state index in [4.69, 9.17) is 4.74 Å². The molecule has 4 aliphatic carbocycles. The highest BCUT2D eigenvalue weighted by Gasteiger charge is 2.58. The van der Waals surface area contributed by atoms with E-state index in [-0.39, 0.29) is 17.5 Å². The minimum atomic E-state index is -0.0294. The van der Waals surface area contributed by atoms with E-state index in [9.17, 15) is 9.59 Å². The van der Waals surface area contributed by atoms with Gasteiger partial charge in [0.25, 0.3) is 0 Å². The van der Waals surface area contributed by atoms with E-state index in [2.05, 4.69) is 17.6 Å². The van der Waals surface area contributed by atoms with Crippen molar-refractivity contribution >= 4 is 12.0 Å². The lowest BCUT2D eigenvalue weighted by Crippen LogP contribution is -2.53. The number of carbonyl (C=O) groups excluding carboxylic acids is 2. The lowest BCUT2D eigenvalue weighted by molar-refractivity contribution is -0.143. The topological polar surface area (TPSA) is 67.4 Å². The number of hydrogen-bond donors (Lipinski definition) is 2. The second-order valence-corrected chi connectivity index (χ2v) is 10.6. The molecule has 2 amide bonds. The summed E-state index contributed by atoms with van der Waals surface area (Å²) in [5.41, 5.74) is 0.146. The number of nitrogens with one attached hydrogen (secondary N) is 2. The summed E-state index contributed by atoms with van der Waals surface area (Å²) in [5, 5.41) is 6.50. The molecule has 4 aliphatic rings. The van der Waals surface area contributed by atoms with E-state index >= 15 is 0 Å². The van der Waals surface area contributed by atoms with Crippen LogP contribution in [0.1, 0.15) is 116 Å². The predicted octanol–water partition coefficient (Wildman–Crippen LogP) is 6.11. The molecule has 0 spiro atoms. The van der Waals surface area contributed by atoms with E-state index < -0.39 is 0 Å². The van der Waals surface area contributed by atoms with Gasteiger partial charge in [0.05, 0.1) is 6.61 Å². The number of urea groups is 1. The number of rotatable bonds is 16. The molecule has 4 bridgehead atoms. The largest absolute Gasteiger partial charge is 0.466 e. The molecule has 4 saturated carbocycles. The van der Waals surface area contributed by atoms with Crippen LogP contribution in [0, 0.1) is 17.8 Å². The Morgan fingerprint density at radius 3 is 2.10 bits per heavy atom. The molecule has 0 heterocycles. The molecule has 0 aliphatic heterocycles. The van der Waals surface area contributed by atoms with Gasteiger partial charge in [0.1, 0.15) is 0 Å². The van der Waals surface area contributed by atoms with Gasteiger partial charge in [-0.05, 0) is 69.1 Å². The minimum Gasteiger partial charge on any atom is -0.466 e. The first kappa shape index (κ1) is 24.4. The number of amides is 2. The minimum absolute atomic E-state index is 0.0294. The summed E-state index contributed by atoms with van der Waals surface area (Å²) < 4.78 is 5.18. The van der Waals surface area contributed by atoms with Crippen LogP contribution in [0.15, 0.2) is 0 Å². The number of hydrogen-bond acceptors (Lipinski definition) is 3. The van der Waals surface area contributed by atoms with Crippen LogP contribution < -0.4 is 10.6 Å². The van der Waals surface area contributed by atoms with Crippen molar-refractivity contribution < 1.29 is 14.3 Å². The van der Waals surface area contributed by atoms with Crippen LogP contribution in [0.5, 0.6) is 0 Å². The van der Waals surface area contributed by atoms with Gasteiger partial charge in [-0.2, -0.15) is 0 Å². The van der Waals surface area contributed by atoms with E-state index in [1.807, 2.05) is 0 Å². The number of unbranched alkanes of at least 4 members (excludes halogenated alkanes) is 9. The first-order valence-electron chi connectivity index (χ1n) is 13.3. The Hall–Kier alpha value is -1.26. The van der Waals surface area contributed by atoms with Gasteiger partial charge in [-0.25, -0.2) is 4.79 Å². The molecule has 178 valence electrons. The van der Waals surface area contributed by atoms with E-state index in [1.165, 1.54) is 70.6 Å². The number of ether oxygens (including phenoxy) is 1. The van der Waals surface area contributed by atoms with Crippen molar-refractivity contribution in [3.05, 3.63) is 0 Å². The average Bonchev–Trinajstić information content (AvgIpc) is 3.11. The fraction of sp³-hybridized carbons (Fsp3) is 0.923. The van der Waals surface area contributed by atoms with Crippen molar-refractivity contribution in [2.24, 2.45) is 17.8 Å². The van der Waals surface area contributed by atoms with Gasteiger partial charge in [-0.15, -0.1) is 0 Å². The Morgan fingerprint density at radius 1 is 0.839 bits per heavy atom. The van der Waals surface area contributed by atoms with Crippen molar-refractivity contribution in [3.8, 4) is 0 Å². The van der Waals surface area contributed by atoms with Crippen LogP contribution in [0.2, 0.25) is 0 Å². The predicted molar refractivity (Wildman–Crippen MR) is 125 cm³/mol. The molecular weight excluding hydrogens is 388 g/mol. The second-order valence-electron chi connectivity index (χ2n) is 10.6. The summed E-state index contributed by atoms with van der Waals surface area (Å²) in [4.78, 5) is 23.9. The molecule has 2 unspecified atom stereocenters. The van der Waals surface area contributed by atoms with Gasteiger partial charge < -0.3 is 15.4 Å². The van der Waals surface area contributed by atoms with E-state index in [0.29, 0.717) is 13.0 Å². The fourth-order valence-corrected chi connectivity index (χ4v) is 6.51. The van der Waals surface area contributed by atoms with Gasteiger partial charge >= 0.3 is 12.0 Å². The maximum atomic E-state index is 12.4. The molecule has 0 aromatic heterocycles. The Kier molecular flexibility index (Phi) is 9.98. The lowest BCUT2D eigenvalue weighted by Gasteiger charge is -2.33. The Labute approximate surface area is 189 Å². The molecule has 5 heteroatoms. The summed E-state index contributed by atoms with van der Waals surface area (Å²) in [7, 11) is 0. The van der Waals surface area contributed by atoms with Crippen molar-refractivity contribution in [1.29, 1.82) is 0 Å². The highest BCUT2D eigenvalue weighted by Crippen LogP contribution is 2.60. The zero-order valence-corrected chi connectivity index (χ0v) is 19.9. The van der Waals surface area contributed by atoms with Crippen LogP contribution in [-0.4, -0.2) is 30.7 Å². The molecule has 0 aromatic rings. The van der Waals surface area contributed by atoms with Crippen LogP contribution in [0.25, 0.3) is 0 Å². The van der Waals surface area contributed by atoms with Crippen molar-refractivity contribution in [3.63, 3.8) is 0 Å². The normalized spacial score (nSPS) is 28.1. The molecule has 31 heavy (non-hydrogen) atoms. The second kappa shape index (κ2) is 12.7. The van der Waals surface area contributed by atoms with Crippen LogP contribution in [-0.2, 0) is 9.53 Å². The van der Waals surface area contributed by atoms with Crippen molar-refractivity contribution in [2.75, 3.05) is 13.2 Å². The van der Waals surface area contributed by atoms with Crippen LogP contribution in [0.4, 0.5) is 4.79 Å². The molecule has 0 saturated heterocycles.